The first-order valence-corrected chi connectivity index (χ1v) is 6.79. The maximum Gasteiger partial charge on any atom is 0.336 e. The van der Waals surface area contributed by atoms with Gasteiger partial charge in [-0.1, -0.05) is 26.0 Å². The van der Waals surface area contributed by atoms with Crippen molar-refractivity contribution in [1.82, 2.24) is 10.6 Å². The van der Waals surface area contributed by atoms with E-state index in [1.807, 2.05) is 13.8 Å². The van der Waals surface area contributed by atoms with E-state index in [-0.39, 0.29) is 29.5 Å². The Balaban J connectivity index is 2.45. The topological polar surface area (TPSA) is 95.5 Å². The van der Waals surface area contributed by atoms with E-state index in [4.69, 9.17) is 5.11 Å². The number of aromatic carboxylic acids is 1. The summed E-state index contributed by atoms with van der Waals surface area (Å²) in [4.78, 5) is 34.3. The van der Waals surface area contributed by atoms with Crippen molar-refractivity contribution in [2.24, 2.45) is 5.92 Å². The first kappa shape index (κ1) is 16.7. The van der Waals surface area contributed by atoms with Crippen molar-refractivity contribution in [1.29, 1.82) is 0 Å². The van der Waals surface area contributed by atoms with Crippen LogP contribution in [0.4, 0.5) is 0 Å². The highest BCUT2D eigenvalue weighted by atomic mass is 16.4. The molecular formula is C15H20N2O4. The molecule has 0 bridgehead atoms. The minimum absolute atomic E-state index is 0.0427. The Morgan fingerprint density at radius 3 is 2.19 bits per heavy atom. The highest BCUT2D eigenvalue weighted by molar-refractivity contribution is 6.04. The third kappa shape index (κ3) is 5.64. The lowest BCUT2D eigenvalue weighted by molar-refractivity contribution is -0.121. The molecule has 21 heavy (non-hydrogen) atoms. The second kappa shape index (κ2) is 8.04. The molecule has 0 radical (unpaired) electrons. The van der Waals surface area contributed by atoms with Crippen molar-refractivity contribution in [3.63, 3.8) is 0 Å². The summed E-state index contributed by atoms with van der Waals surface area (Å²) < 4.78 is 0. The maximum atomic E-state index is 11.9. The van der Waals surface area contributed by atoms with Crippen LogP contribution in [0, 0.1) is 5.92 Å². The largest absolute Gasteiger partial charge is 0.478 e. The van der Waals surface area contributed by atoms with Crippen LogP contribution in [0.2, 0.25) is 0 Å². The Morgan fingerprint density at radius 1 is 1.05 bits per heavy atom. The van der Waals surface area contributed by atoms with Gasteiger partial charge in [0, 0.05) is 19.5 Å². The number of carboxylic acids is 1. The zero-order valence-corrected chi connectivity index (χ0v) is 12.2. The predicted octanol–water partition coefficient (Wildman–Crippen LogP) is 1.28. The van der Waals surface area contributed by atoms with Crippen LogP contribution in [-0.2, 0) is 4.79 Å². The number of rotatable bonds is 7. The number of carbonyl (C=O) groups excluding carboxylic acids is 2. The Morgan fingerprint density at radius 2 is 1.62 bits per heavy atom. The van der Waals surface area contributed by atoms with Crippen molar-refractivity contribution in [2.75, 3.05) is 13.1 Å². The van der Waals surface area contributed by atoms with E-state index < -0.39 is 11.9 Å². The third-order valence-corrected chi connectivity index (χ3v) is 2.73. The summed E-state index contributed by atoms with van der Waals surface area (Å²) in [5.41, 5.74) is 0.0670. The summed E-state index contributed by atoms with van der Waals surface area (Å²) in [5, 5.41) is 14.3. The smallest absolute Gasteiger partial charge is 0.336 e. The van der Waals surface area contributed by atoms with Gasteiger partial charge >= 0.3 is 5.97 Å². The zero-order valence-electron chi connectivity index (χ0n) is 12.2. The van der Waals surface area contributed by atoms with Gasteiger partial charge in [-0.15, -0.1) is 0 Å². The van der Waals surface area contributed by atoms with Crippen LogP contribution < -0.4 is 10.6 Å². The fourth-order valence-electron chi connectivity index (χ4n) is 1.78. The molecule has 3 N–H and O–H groups in total. The molecular weight excluding hydrogens is 272 g/mol. The number of carbonyl (C=O) groups is 3. The highest BCUT2D eigenvalue weighted by Gasteiger charge is 2.15. The molecule has 0 spiro atoms. The van der Waals surface area contributed by atoms with Gasteiger partial charge in [0.15, 0.2) is 0 Å². The Kier molecular flexibility index (Phi) is 6.39. The minimum atomic E-state index is -1.15. The molecule has 0 fully saturated rings. The molecule has 1 aromatic carbocycles. The fraction of sp³-hybridized carbons (Fsp3) is 0.400. The molecule has 0 heterocycles. The first-order valence-electron chi connectivity index (χ1n) is 6.79. The molecule has 1 rings (SSSR count). The standard InChI is InChI=1S/C15H20N2O4/c1-10(2)9-13(18)16-7-8-17-14(19)11-5-3-4-6-12(11)15(20)21/h3-6,10H,7-9H2,1-2H3,(H,16,18)(H,17,19)(H,20,21). The predicted molar refractivity (Wildman–Crippen MR) is 78.2 cm³/mol. The molecule has 2 amide bonds. The lowest BCUT2D eigenvalue weighted by Gasteiger charge is -2.09. The molecule has 0 aliphatic heterocycles. The second-order valence-corrected chi connectivity index (χ2v) is 5.05. The van der Waals surface area contributed by atoms with Gasteiger partial charge in [0.25, 0.3) is 5.91 Å². The van der Waals surface area contributed by atoms with Crippen LogP contribution in [0.3, 0.4) is 0 Å². The van der Waals surface area contributed by atoms with E-state index in [2.05, 4.69) is 10.6 Å². The summed E-state index contributed by atoms with van der Waals surface area (Å²) >= 11 is 0. The minimum Gasteiger partial charge on any atom is -0.478 e. The first-order chi connectivity index (χ1) is 9.91. The number of amides is 2. The normalized spacial score (nSPS) is 10.2. The summed E-state index contributed by atoms with van der Waals surface area (Å²) in [6, 6.07) is 6.00. The highest BCUT2D eigenvalue weighted by Crippen LogP contribution is 2.08. The molecule has 6 heteroatoms. The molecule has 0 aromatic heterocycles. The van der Waals surface area contributed by atoms with Gasteiger partial charge in [0.2, 0.25) is 5.91 Å². The molecule has 0 atom stereocenters. The lowest BCUT2D eigenvalue weighted by Crippen LogP contribution is -2.35. The van der Waals surface area contributed by atoms with E-state index in [1.165, 1.54) is 12.1 Å². The number of nitrogens with one attached hydrogen (secondary N) is 2. The van der Waals surface area contributed by atoms with Crippen LogP contribution in [0.25, 0.3) is 0 Å². The van der Waals surface area contributed by atoms with E-state index in [0.29, 0.717) is 13.0 Å². The average molecular weight is 292 g/mol. The van der Waals surface area contributed by atoms with Crippen LogP contribution in [0.5, 0.6) is 0 Å². The van der Waals surface area contributed by atoms with Gasteiger partial charge in [0.05, 0.1) is 11.1 Å². The van der Waals surface area contributed by atoms with Gasteiger partial charge in [-0.25, -0.2) is 4.79 Å². The number of hydrogen-bond donors (Lipinski definition) is 3. The van der Waals surface area contributed by atoms with E-state index in [1.54, 1.807) is 12.1 Å². The molecule has 6 nitrogen and oxygen atoms in total. The Bertz CT molecular complexity index is 526. The van der Waals surface area contributed by atoms with E-state index >= 15 is 0 Å². The van der Waals surface area contributed by atoms with Crippen molar-refractivity contribution < 1.29 is 19.5 Å². The molecule has 114 valence electrons. The van der Waals surface area contributed by atoms with Gasteiger partial charge in [-0.05, 0) is 18.1 Å². The summed E-state index contributed by atoms with van der Waals surface area (Å²) in [5.74, 6) is -1.40. The summed E-state index contributed by atoms with van der Waals surface area (Å²) in [7, 11) is 0. The van der Waals surface area contributed by atoms with Gasteiger partial charge in [0.1, 0.15) is 0 Å². The second-order valence-electron chi connectivity index (χ2n) is 5.05. The zero-order chi connectivity index (χ0) is 15.8. The van der Waals surface area contributed by atoms with Crippen molar-refractivity contribution in [3.8, 4) is 0 Å². The van der Waals surface area contributed by atoms with Crippen LogP contribution >= 0.6 is 0 Å². The molecule has 0 aliphatic carbocycles. The Labute approximate surface area is 123 Å². The van der Waals surface area contributed by atoms with Crippen LogP contribution in [0.1, 0.15) is 41.0 Å². The number of hydrogen-bond acceptors (Lipinski definition) is 3. The number of carboxylic acid groups (broad SMARTS) is 1. The quantitative estimate of drug-likeness (QED) is 0.660. The van der Waals surface area contributed by atoms with Crippen molar-refractivity contribution in [3.05, 3.63) is 35.4 Å². The summed E-state index contributed by atoms with van der Waals surface area (Å²) in [6.07, 6.45) is 0.440. The summed E-state index contributed by atoms with van der Waals surface area (Å²) in [6.45, 7) is 4.46. The lowest BCUT2D eigenvalue weighted by atomic mass is 10.1. The Hall–Kier alpha value is -2.37. The third-order valence-electron chi connectivity index (χ3n) is 2.73. The van der Waals surface area contributed by atoms with Gasteiger partial charge in [-0.3, -0.25) is 9.59 Å². The molecule has 0 saturated carbocycles. The molecule has 0 aliphatic rings. The molecule has 0 unspecified atom stereocenters. The van der Waals surface area contributed by atoms with Crippen LogP contribution in [-0.4, -0.2) is 36.0 Å². The van der Waals surface area contributed by atoms with Crippen LogP contribution in [0.15, 0.2) is 24.3 Å². The monoisotopic (exact) mass is 292 g/mol. The number of benzene rings is 1. The van der Waals surface area contributed by atoms with E-state index in [0.717, 1.165) is 0 Å². The van der Waals surface area contributed by atoms with Gasteiger partial charge < -0.3 is 15.7 Å². The van der Waals surface area contributed by atoms with Crippen molar-refractivity contribution >= 4 is 17.8 Å². The maximum absolute atomic E-state index is 11.9. The van der Waals surface area contributed by atoms with E-state index in [9.17, 15) is 14.4 Å². The fourth-order valence-corrected chi connectivity index (χ4v) is 1.78. The average Bonchev–Trinajstić information content (AvgIpc) is 2.42. The van der Waals surface area contributed by atoms with Crippen molar-refractivity contribution in [2.45, 2.75) is 20.3 Å². The molecule has 1 aromatic rings. The SMILES string of the molecule is CC(C)CC(=O)NCCNC(=O)c1ccccc1C(=O)O. The molecule has 0 saturated heterocycles. The van der Waals surface area contributed by atoms with Gasteiger partial charge in [-0.2, -0.15) is 0 Å².